The Morgan fingerprint density at radius 1 is 0.727 bits per heavy atom. The summed E-state index contributed by atoms with van der Waals surface area (Å²) >= 11 is 0. The Kier molecular flexibility index (Phi) is 94.1. The van der Waals surface area contributed by atoms with Gasteiger partial charge in [-0.05, 0) is 8.55 Å². The molecule has 0 aromatic rings. The van der Waals surface area contributed by atoms with Crippen LogP contribution in [-0.2, 0) is 0 Å². The Morgan fingerprint density at radius 3 is 0.818 bits per heavy atom. The molecule has 0 atom stereocenters. The van der Waals surface area contributed by atoms with Gasteiger partial charge in [-0.25, -0.2) is 0 Å². The third kappa shape index (κ3) is 36.9. The van der Waals surface area contributed by atoms with Crippen molar-refractivity contribution in [3.05, 3.63) is 0 Å². The van der Waals surface area contributed by atoms with Gasteiger partial charge in [-0.3, -0.25) is 0 Å². The number of hydrogen-bond donors (Lipinski definition) is 0. The van der Waals surface area contributed by atoms with Crippen molar-refractivity contribution < 1.29 is 0 Å². The van der Waals surface area contributed by atoms with E-state index < -0.39 is 0 Å². The lowest BCUT2D eigenvalue weighted by Crippen LogP contribution is -2.26. The average Bonchev–Trinajstić information content (AvgIpc) is 1.96. The largest absolute Gasteiger partial charge is 0.0776 e. The molecule has 0 nitrogen and oxygen atoms in total. The summed E-state index contributed by atoms with van der Waals surface area (Å²) in [5.41, 5.74) is 1.84. The summed E-state index contributed by atoms with van der Waals surface area (Å²) in [7, 11) is 2.49. The molecule has 0 aliphatic carbocycles. The lowest BCUT2D eigenvalue weighted by Gasteiger charge is -2.02. The van der Waals surface area contributed by atoms with Gasteiger partial charge in [0.15, 0.2) is 0 Å². The van der Waals surface area contributed by atoms with Crippen LogP contribution in [0.5, 0.6) is 0 Å². The molecule has 1 heterocycles. The molecule has 1 saturated heterocycles. The van der Waals surface area contributed by atoms with Crippen molar-refractivity contribution in [1.29, 1.82) is 0 Å². The highest BCUT2D eigenvalue weighted by Gasteiger charge is 1.98. The van der Waals surface area contributed by atoms with E-state index in [1.807, 2.05) is 47.2 Å². The highest BCUT2D eigenvalue weighted by molar-refractivity contribution is 7.40. The smallest absolute Gasteiger partial charge is 0.00143 e. The molecule has 0 saturated carbocycles. The zero-order valence-electron chi connectivity index (χ0n) is 8.83. The summed E-state index contributed by atoms with van der Waals surface area (Å²) in [6.45, 7) is 12.0. The van der Waals surface area contributed by atoms with Gasteiger partial charge in [-0.15, -0.1) is 0 Å². The van der Waals surface area contributed by atoms with Crippen LogP contribution in [0.2, 0.25) is 5.67 Å². The zero-order valence-corrected chi connectivity index (χ0v) is 13.1. The molecule has 0 aromatic carbocycles. The molecule has 74 valence electrons. The first-order valence-electron chi connectivity index (χ1n) is 5.00. The van der Waals surface area contributed by atoms with Crippen LogP contribution < -0.4 is 0 Å². The molecule has 1 aliphatic rings. The van der Waals surface area contributed by atoms with Crippen LogP contribution in [0.4, 0.5) is 0 Å². The van der Waals surface area contributed by atoms with Crippen LogP contribution in [0.1, 0.15) is 49.0 Å². The molecule has 0 radical (unpaired) electrons. The van der Waals surface area contributed by atoms with Gasteiger partial charge in [-0.2, -0.15) is 0 Å². The lowest BCUT2D eigenvalue weighted by molar-refractivity contribution is 1.50. The molecule has 3 heteroatoms. The van der Waals surface area contributed by atoms with Gasteiger partial charge >= 0.3 is 0 Å². The summed E-state index contributed by atoms with van der Waals surface area (Å²) in [5.74, 6) is 0. The fourth-order valence-electron chi connectivity index (χ4n) is 0.250. The molecule has 1 fully saturated rings. The van der Waals surface area contributed by atoms with E-state index in [0.29, 0.717) is 0 Å². The molecule has 0 aromatic heterocycles. The van der Waals surface area contributed by atoms with E-state index in [1.165, 1.54) is 0 Å². The Hall–Kier alpha value is 0.651. The fourth-order valence-corrected chi connectivity index (χ4v) is 6.75. The first-order chi connectivity index (χ1) is 5.00. The van der Waals surface area contributed by atoms with Gasteiger partial charge in [0.2, 0.25) is 0 Å². The average molecular weight is 211 g/mol. The van der Waals surface area contributed by atoms with E-state index in [2.05, 4.69) is 0 Å². The second-order valence-electron chi connectivity index (χ2n) is 1.41. The molecule has 0 N–H and O–H groups in total. The van der Waals surface area contributed by atoms with E-state index in [4.69, 9.17) is 0 Å². The molecule has 1 aliphatic heterocycles. The third-order valence-corrected chi connectivity index (χ3v) is 27.0. The van der Waals surface area contributed by atoms with Crippen molar-refractivity contribution >= 4 is 26.6 Å². The highest BCUT2D eigenvalue weighted by Crippen LogP contribution is 1.80. The molecule has 11 heavy (non-hydrogen) atoms. The maximum absolute atomic E-state index is 2.00. The zero-order chi connectivity index (χ0) is 8.83. The van der Waals surface area contributed by atoms with E-state index in [0.717, 1.165) is 26.6 Å². The molecule has 1 rings (SSSR count). The van der Waals surface area contributed by atoms with Crippen molar-refractivity contribution in [1.82, 2.24) is 0 Å². The van der Waals surface area contributed by atoms with Crippen molar-refractivity contribution in [2.45, 2.75) is 54.6 Å². The van der Waals surface area contributed by atoms with Gasteiger partial charge in [0.25, 0.3) is 0 Å². The van der Waals surface area contributed by atoms with Gasteiger partial charge in [-0.1, -0.05) is 54.6 Å². The first-order valence-corrected chi connectivity index (χ1v) is 15.0. The topological polar surface area (TPSA) is 0 Å². The predicted molar refractivity (Wildman–Crippen MR) is 71.2 cm³/mol. The highest BCUT2D eigenvalue weighted by atomic mass is 29.6. The van der Waals surface area contributed by atoms with Crippen molar-refractivity contribution in [3.63, 3.8) is 0 Å². The number of rotatable bonds is 0. The third-order valence-electron chi connectivity index (χ3n) is 1.000. The summed E-state index contributed by atoms with van der Waals surface area (Å²) in [5, 5.41) is 0. The Labute approximate surface area is 81.6 Å². The van der Waals surface area contributed by atoms with Crippen molar-refractivity contribution in [3.8, 4) is 0 Å². The maximum atomic E-state index is 2.00. The van der Waals surface area contributed by atoms with Crippen LogP contribution in [0.3, 0.4) is 0 Å². The van der Waals surface area contributed by atoms with Crippen LogP contribution >= 0.6 is 0 Å². The summed E-state index contributed by atoms with van der Waals surface area (Å²) < 4.78 is 0. The minimum Gasteiger partial charge on any atom is -0.0776 e. The summed E-state index contributed by atoms with van der Waals surface area (Å²) in [6.07, 6.45) is 0. The van der Waals surface area contributed by atoms with Crippen molar-refractivity contribution in [2.24, 2.45) is 0 Å². The van der Waals surface area contributed by atoms with E-state index in [1.54, 1.807) is 0 Å². The van der Waals surface area contributed by atoms with Gasteiger partial charge in [0, 0.05) is 18.1 Å². The molecule has 0 unspecified atom stereocenters. The van der Waals surface area contributed by atoms with Crippen LogP contribution in [-0.4, -0.2) is 26.6 Å². The number of hydrogen-bond acceptors (Lipinski definition) is 0. The summed E-state index contributed by atoms with van der Waals surface area (Å²) in [4.78, 5) is 0. The Bertz CT molecular complexity index is 17.3. The van der Waals surface area contributed by atoms with Gasteiger partial charge in [0.05, 0.1) is 0 Å². The van der Waals surface area contributed by atoms with Gasteiger partial charge in [0.1, 0.15) is 0 Å². The maximum Gasteiger partial charge on any atom is 0.00143 e. The van der Waals surface area contributed by atoms with E-state index in [9.17, 15) is 0 Å². The minimum atomic E-state index is 0. The second kappa shape index (κ2) is 45.9. The molecular weight excluding hydrogens is 180 g/mol. The monoisotopic (exact) mass is 210 g/mol. The normalized spacial score (nSPS) is 16.9. The Balaban J connectivity index is -0.0000000317. The fraction of sp³-hybridized carbons (Fsp3) is 1.00. The Morgan fingerprint density at radius 2 is 0.818 bits per heavy atom. The molecule has 0 bridgehead atoms. The molecule has 0 amide bonds. The second-order valence-corrected chi connectivity index (χ2v) is 19.1. The molecular formula is C8H30Si3. The SMILES string of the molecule is C.C1[SiH2][SiH2][SiH2]1.CC.CC.CC. The molecule has 0 spiro atoms. The first kappa shape index (κ1) is 22.6. The predicted octanol–water partition coefficient (Wildman–Crippen LogP) is 1.43. The van der Waals surface area contributed by atoms with E-state index >= 15 is 0 Å². The van der Waals surface area contributed by atoms with E-state index in [-0.39, 0.29) is 7.43 Å². The minimum absolute atomic E-state index is 0. The summed E-state index contributed by atoms with van der Waals surface area (Å²) in [6, 6.07) is 0. The van der Waals surface area contributed by atoms with Gasteiger partial charge < -0.3 is 0 Å². The lowest BCUT2D eigenvalue weighted by atomic mass is 11.0. The van der Waals surface area contributed by atoms with Crippen LogP contribution in [0.15, 0.2) is 0 Å². The van der Waals surface area contributed by atoms with Crippen molar-refractivity contribution in [2.75, 3.05) is 0 Å². The quantitative estimate of drug-likeness (QED) is 0.531. The standard InChI is InChI=1S/3C2H6.CH8Si3.CH4/c3*1-2;1-2-4-3-1;/h3*1-2H3;1-4H2;1H4. The van der Waals surface area contributed by atoms with Crippen LogP contribution in [0.25, 0.3) is 0 Å². The van der Waals surface area contributed by atoms with Crippen LogP contribution in [0, 0.1) is 0 Å².